The van der Waals surface area contributed by atoms with E-state index in [4.69, 9.17) is 5.73 Å². The number of amides is 1. The van der Waals surface area contributed by atoms with Gasteiger partial charge in [-0.25, -0.2) is 0 Å². The van der Waals surface area contributed by atoms with Gasteiger partial charge in [0.25, 0.3) is 0 Å². The van der Waals surface area contributed by atoms with Crippen molar-refractivity contribution in [2.24, 2.45) is 11.7 Å². The van der Waals surface area contributed by atoms with Gasteiger partial charge in [0.15, 0.2) is 0 Å². The minimum Gasteiger partial charge on any atom is -0.371 e. The van der Waals surface area contributed by atoms with E-state index in [1.165, 1.54) is 0 Å². The molecule has 1 saturated heterocycles. The average molecular weight is 246 g/mol. The lowest BCUT2D eigenvalue weighted by atomic mass is 9.95. The number of piperidine rings is 1. The number of primary amides is 1. The highest BCUT2D eigenvalue weighted by atomic mass is 16.1. The highest BCUT2D eigenvalue weighted by molar-refractivity contribution is 5.78. The van der Waals surface area contributed by atoms with Crippen molar-refractivity contribution in [3.05, 3.63) is 29.3 Å². The van der Waals surface area contributed by atoms with Gasteiger partial charge >= 0.3 is 0 Å². The summed E-state index contributed by atoms with van der Waals surface area (Å²) in [7, 11) is 0. The van der Waals surface area contributed by atoms with Gasteiger partial charge in [-0.3, -0.25) is 9.59 Å². The molecule has 4 nitrogen and oxygen atoms in total. The molecular formula is C14H18N2O2. The first-order valence-electron chi connectivity index (χ1n) is 6.22. The largest absolute Gasteiger partial charge is 0.371 e. The number of nitrogens with zero attached hydrogens (tertiary/aromatic N) is 1. The van der Waals surface area contributed by atoms with Crippen LogP contribution in [-0.2, 0) is 4.79 Å². The number of carbonyl (C=O) groups excluding carboxylic acids is 2. The van der Waals surface area contributed by atoms with Gasteiger partial charge in [0.05, 0.1) is 0 Å². The van der Waals surface area contributed by atoms with Crippen molar-refractivity contribution in [2.75, 3.05) is 18.0 Å². The fraction of sp³-hybridized carbons (Fsp3) is 0.429. The molecule has 0 radical (unpaired) electrons. The van der Waals surface area contributed by atoms with E-state index >= 15 is 0 Å². The van der Waals surface area contributed by atoms with Crippen molar-refractivity contribution in [1.82, 2.24) is 0 Å². The minimum atomic E-state index is -0.192. The number of carbonyl (C=O) groups is 2. The van der Waals surface area contributed by atoms with Crippen LogP contribution < -0.4 is 10.6 Å². The zero-order chi connectivity index (χ0) is 13.1. The van der Waals surface area contributed by atoms with E-state index < -0.39 is 0 Å². The summed E-state index contributed by atoms with van der Waals surface area (Å²) in [6, 6.07) is 5.70. The molecule has 0 spiro atoms. The van der Waals surface area contributed by atoms with E-state index in [1.807, 2.05) is 25.1 Å². The lowest BCUT2D eigenvalue weighted by Gasteiger charge is -2.33. The Morgan fingerprint density at radius 1 is 1.39 bits per heavy atom. The van der Waals surface area contributed by atoms with Gasteiger partial charge in [-0.05, 0) is 43.5 Å². The third-order valence-corrected chi connectivity index (χ3v) is 3.59. The molecule has 1 amide bonds. The number of hydrogen-bond donors (Lipinski definition) is 1. The molecule has 0 aromatic heterocycles. The molecular weight excluding hydrogens is 228 g/mol. The zero-order valence-corrected chi connectivity index (χ0v) is 10.6. The van der Waals surface area contributed by atoms with E-state index in [2.05, 4.69) is 4.90 Å². The van der Waals surface area contributed by atoms with E-state index in [0.29, 0.717) is 5.56 Å². The maximum absolute atomic E-state index is 11.1. The van der Waals surface area contributed by atoms with Gasteiger partial charge in [0.2, 0.25) is 5.91 Å². The number of hydrogen-bond acceptors (Lipinski definition) is 3. The van der Waals surface area contributed by atoms with Gasteiger partial charge in [-0.2, -0.15) is 0 Å². The van der Waals surface area contributed by atoms with Gasteiger partial charge in [0.1, 0.15) is 6.29 Å². The summed E-state index contributed by atoms with van der Waals surface area (Å²) >= 11 is 0. The van der Waals surface area contributed by atoms with Crippen LogP contribution in [0.25, 0.3) is 0 Å². The molecule has 4 heteroatoms. The monoisotopic (exact) mass is 246 g/mol. The van der Waals surface area contributed by atoms with Gasteiger partial charge in [0, 0.05) is 30.3 Å². The highest BCUT2D eigenvalue weighted by Crippen LogP contribution is 2.26. The molecule has 1 aromatic rings. The quantitative estimate of drug-likeness (QED) is 0.822. The van der Waals surface area contributed by atoms with Crippen LogP contribution in [0.15, 0.2) is 18.2 Å². The summed E-state index contributed by atoms with van der Waals surface area (Å²) in [5.41, 5.74) is 8.26. The predicted octanol–water partition coefficient (Wildman–Crippen LogP) is 1.51. The summed E-state index contributed by atoms with van der Waals surface area (Å²) < 4.78 is 0. The van der Waals surface area contributed by atoms with Crippen molar-refractivity contribution in [2.45, 2.75) is 19.8 Å². The number of nitrogens with two attached hydrogens (primary N) is 1. The Morgan fingerprint density at radius 2 is 2.06 bits per heavy atom. The first-order chi connectivity index (χ1) is 8.61. The van der Waals surface area contributed by atoms with E-state index in [9.17, 15) is 9.59 Å². The summed E-state index contributed by atoms with van der Waals surface area (Å²) in [4.78, 5) is 24.1. The Balaban J connectivity index is 2.10. The molecule has 2 rings (SSSR count). The second-order valence-corrected chi connectivity index (χ2v) is 4.83. The first kappa shape index (κ1) is 12.6. The maximum Gasteiger partial charge on any atom is 0.220 e. The molecule has 1 aliphatic rings. The zero-order valence-electron chi connectivity index (χ0n) is 10.6. The molecule has 0 aliphatic carbocycles. The van der Waals surface area contributed by atoms with Gasteiger partial charge in [-0.1, -0.05) is 0 Å². The number of anilines is 1. The second kappa shape index (κ2) is 5.21. The number of aldehydes is 1. The lowest BCUT2D eigenvalue weighted by Crippen LogP contribution is -2.38. The Kier molecular flexibility index (Phi) is 3.65. The van der Waals surface area contributed by atoms with Crippen LogP contribution in [-0.4, -0.2) is 25.3 Å². The molecule has 2 N–H and O–H groups in total. The molecule has 0 unspecified atom stereocenters. The third-order valence-electron chi connectivity index (χ3n) is 3.59. The van der Waals surface area contributed by atoms with Crippen LogP contribution in [0.4, 0.5) is 5.69 Å². The summed E-state index contributed by atoms with van der Waals surface area (Å²) in [6.07, 6.45) is 2.48. The van der Waals surface area contributed by atoms with Crippen LogP contribution in [0.2, 0.25) is 0 Å². The molecule has 0 atom stereocenters. The third kappa shape index (κ3) is 2.53. The van der Waals surface area contributed by atoms with Crippen LogP contribution >= 0.6 is 0 Å². The summed E-state index contributed by atoms with van der Waals surface area (Å²) in [5, 5.41) is 0. The molecule has 96 valence electrons. The fourth-order valence-electron chi connectivity index (χ4n) is 2.51. The van der Waals surface area contributed by atoms with Gasteiger partial charge in [-0.15, -0.1) is 0 Å². The molecule has 18 heavy (non-hydrogen) atoms. The number of benzene rings is 1. The lowest BCUT2D eigenvalue weighted by molar-refractivity contribution is -0.122. The van der Waals surface area contributed by atoms with Crippen LogP contribution in [0.3, 0.4) is 0 Å². The topological polar surface area (TPSA) is 63.4 Å². The Hall–Kier alpha value is -1.84. The Morgan fingerprint density at radius 3 is 2.56 bits per heavy atom. The second-order valence-electron chi connectivity index (χ2n) is 4.83. The normalized spacial score (nSPS) is 16.6. The van der Waals surface area contributed by atoms with E-state index in [1.54, 1.807) is 0 Å². The average Bonchev–Trinajstić information content (AvgIpc) is 2.38. The minimum absolute atomic E-state index is 0.0100. The van der Waals surface area contributed by atoms with Gasteiger partial charge < -0.3 is 10.6 Å². The van der Waals surface area contributed by atoms with Crippen molar-refractivity contribution >= 4 is 17.9 Å². The summed E-state index contributed by atoms with van der Waals surface area (Å²) in [6.45, 7) is 3.69. The SMILES string of the molecule is Cc1cc(C=O)ccc1N1CCC(C(N)=O)CC1. The van der Waals surface area contributed by atoms with Crippen molar-refractivity contribution in [3.8, 4) is 0 Å². The standard InChI is InChI=1S/C14H18N2O2/c1-10-8-11(9-17)2-3-13(10)16-6-4-12(5-7-16)14(15)18/h2-3,8-9,12H,4-7H2,1H3,(H2,15,18). The maximum atomic E-state index is 11.1. The summed E-state index contributed by atoms with van der Waals surface area (Å²) in [5.74, 6) is -0.182. The van der Waals surface area contributed by atoms with Crippen molar-refractivity contribution in [3.63, 3.8) is 0 Å². The van der Waals surface area contributed by atoms with Crippen LogP contribution in [0, 0.1) is 12.8 Å². The predicted molar refractivity (Wildman–Crippen MR) is 70.7 cm³/mol. The molecule has 0 saturated carbocycles. The van der Waals surface area contributed by atoms with E-state index in [0.717, 1.165) is 43.5 Å². The number of rotatable bonds is 3. The first-order valence-corrected chi connectivity index (χ1v) is 6.22. The van der Waals surface area contributed by atoms with Crippen LogP contribution in [0.5, 0.6) is 0 Å². The smallest absolute Gasteiger partial charge is 0.220 e. The van der Waals surface area contributed by atoms with Crippen molar-refractivity contribution < 1.29 is 9.59 Å². The molecule has 1 heterocycles. The molecule has 1 aromatic carbocycles. The Labute approximate surface area is 107 Å². The molecule has 1 fully saturated rings. The number of aryl methyl sites for hydroxylation is 1. The molecule has 1 aliphatic heterocycles. The van der Waals surface area contributed by atoms with E-state index in [-0.39, 0.29) is 11.8 Å². The highest BCUT2D eigenvalue weighted by Gasteiger charge is 2.23. The van der Waals surface area contributed by atoms with Crippen LogP contribution in [0.1, 0.15) is 28.8 Å². The fourth-order valence-corrected chi connectivity index (χ4v) is 2.51. The molecule has 0 bridgehead atoms. The van der Waals surface area contributed by atoms with Crippen molar-refractivity contribution in [1.29, 1.82) is 0 Å². The Bertz CT molecular complexity index is 463.